The standard InChI is InChI=1S/C12H13FN2S/c1-12(2,3)10-7-16-11(15-10)9-5-4-8(13)6-14-9/h4-7H,1-3H3. The maximum Gasteiger partial charge on any atom is 0.142 e. The molecule has 2 aromatic rings. The number of hydrogen-bond donors (Lipinski definition) is 0. The minimum atomic E-state index is -0.323. The number of rotatable bonds is 1. The summed E-state index contributed by atoms with van der Waals surface area (Å²) in [5.74, 6) is -0.323. The van der Waals surface area contributed by atoms with E-state index in [0.29, 0.717) is 0 Å². The van der Waals surface area contributed by atoms with E-state index < -0.39 is 0 Å². The Kier molecular flexibility index (Phi) is 2.76. The van der Waals surface area contributed by atoms with Crippen molar-refractivity contribution >= 4 is 11.3 Å². The molecular formula is C12H13FN2S. The minimum absolute atomic E-state index is 0.0365. The first-order chi connectivity index (χ1) is 7.47. The first-order valence-corrected chi connectivity index (χ1v) is 5.93. The average Bonchev–Trinajstić information content (AvgIpc) is 2.67. The molecule has 0 saturated heterocycles. The lowest BCUT2D eigenvalue weighted by molar-refractivity contribution is 0.573. The molecule has 0 atom stereocenters. The van der Waals surface area contributed by atoms with Crippen molar-refractivity contribution in [2.45, 2.75) is 26.2 Å². The maximum absolute atomic E-state index is 12.7. The molecule has 0 bridgehead atoms. The summed E-state index contributed by atoms with van der Waals surface area (Å²) in [7, 11) is 0. The Balaban J connectivity index is 2.35. The Morgan fingerprint density at radius 1 is 1.25 bits per heavy atom. The third kappa shape index (κ3) is 2.27. The number of pyridine rings is 1. The molecule has 16 heavy (non-hydrogen) atoms. The van der Waals surface area contributed by atoms with Gasteiger partial charge in [-0.3, -0.25) is 4.98 Å². The van der Waals surface area contributed by atoms with Crippen LogP contribution in [0.25, 0.3) is 10.7 Å². The van der Waals surface area contributed by atoms with Crippen LogP contribution in [0.2, 0.25) is 0 Å². The van der Waals surface area contributed by atoms with Crippen molar-refractivity contribution < 1.29 is 4.39 Å². The van der Waals surface area contributed by atoms with Crippen molar-refractivity contribution in [1.29, 1.82) is 0 Å². The number of hydrogen-bond acceptors (Lipinski definition) is 3. The fourth-order valence-electron chi connectivity index (χ4n) is 1.24. The Hall–Kier alpha value is -1.29. The van der Waals surface area contributed by atoms with E-state index >= 15 is 0 Å². The van der Waals surface area contributed by atoms with Gasteiger partial charge in [-0.15, -0.1) is 11.3 Å². The van der Waals surface area contributed by atoms with Crippen molar-refractivity contribution in [3.8, 4) is 10.7 Å². The average molecular weight is 236 g/mol. The molecule has 0 N–H and O–H groups in total. The van der Waals surface area contributed by atoms with Crippen LogP contribution in [-0.4, -0.2) is 9.97 Å². The molecule has 0 aliphatic heterocycles. The Morgan fingerprint density at radius 2 is 2.00 bits per heavy atom. The molecule has 2 aromatic heterocycles. The fraction of sp³-hybridized carbons (Fsp3) is 0.333. The van der Waals surface area contributed by atoms with Crippen LogP contribution in [0.15, 0.2) is 23.7 Å². The van der Waals surface area contributed by atoms with E-state index in [4.69, 9.17) is 0 Å². The molecule has 4 heteroatoms. The molecular weight excluding hydrogens is 223 g/mol. The summed E-state index contributed by atoms with van der Waals surface area (Å²) in [4.78, 5) is 8.53. The molecule has 2 nitrogen and oxygen atoms in total. The molecule has 0 radical (unpaired) electrons. The van der Waals surface area contributed by atoms with E-state index in [1.165, 1.54) is 23.6 Å². The molecule has 0 spiro atoms. The minimum Gasteiger partial charge on any atom is -0.251 e. The Morgan fingerprint density at radius 3 is 2.50 bits per heavy atom. The quantitative estimate of drug-likeness (QED) is 0.755. The summed E-state index contributed by atoms with van der Waals surface area (Å²) in [6.45, 7) is 6.35. The van der Waals surface area contributed by atoms with E-state index in [9.17, 15) is 4.39 Å². The highest BCUT2D eigenvalue weighted by molar-refractivity contribution is 7.13. The molecule has 0 unspecified atom stereocenters. The summed E-state index contributed by atoms with van der Waals surface area (Å²) in [5.41, 5.74) is 1.80. The lowest BCUT2D eigenvalue weighted by Gasteiger charge is -2.14. The van der Waals surface area contributed by atoms with Gasteiger partial charge < -0.3 is 0 Å². The van der Waals surface area contributed by atoms with Gasteiger partial charge in [-0.1, -0.05) is 20.8 Å². The number of nitrogens with zero attached hydrogens (tertiary/aromatic N) is 2. The summed E-state index contributed by atoms with van der Waals surface area (Å²) < 4.78 is 12.7. The van der Waals surface area contributed by atoms with Gasteiger partial charge >= 0.3 is 0 Å². The van der Waals surface area contributed by atoms with Gasteiger partial charge in [0.25, 0.3) is 0 Å². The normalized spacial score (nSPS) is 11.8. The first kappa shape index (κ1) is 11.2. The molecule has 0 aromatic carbocycles. The lowest BCUT2D eigenvalue weighted by Crippen LogP contribution is -2.11. The van der Waals surface area contributed by atoms with E-state index in [2.05, 4.69) is 30.7 Å². The van der Waals surface area contributed by atoms with Gasteiger partial charge in [0.15, 0.2) is 0 Å². The highest BCUT2D eigenvalue weighted by atomic mass is 32.1. The Bertz CT molecular complexity index is 482. The lowest BCUT2D eigenvalue weighted by atomic mass is 9.93. The predicted octanol–water partition coefficient (Wildman–Crippen LogP) is 3.64. The zero-order chi connectivity index (χ0) is 11.8. The molecule has 84 valence electrons. The van der Waals surface area contributed by atoms with E-state index in [1.54, 1.807) is 6.07 Å². The highest BCUT2D eigenvalue weighted by Crippen LogP contribution is 2.28. The zero-order valence-electron chi connectivity index (χ0n) is 9.49. The molecule has 2 heterocycles. The molecule has 2 rings (SSSR count). The molecule has 0 aliphatic rings. The summed E-state index contributed by atoms with van der Waals surface area (Å²) >= 11 is 1.54. The van der Waals surface area contributed by atoms with Gasteiger partial charge in [-0.25, -0.2) is 9.37 Å². The van der Waals surface area contributed by atoms with Gasteiger partial charge in [-0.05, 0) is 12.1 Å². The van der Waals surface area contributed by atoms with Crippen LogP contribution in [0.4, 0.5) is 4.39 Å². The molecule has 0 aliphatic carbocycles. The second kappa shape index (κ2) is 3.94. The summed E-state index contributed by atoms with van der Waals surface area (Å²) in [6.07, 6.45) is 1.22. The molecule has 0 fully saturated rings. The molecule has 0 saturated carbocycles. The van der Waals surface area contributed by atoms with Gasteiger partial charge in [-0.2, -0.15) is 0 Å². The number of thiazole rings is 1. The number of aromatic nitrogens is 2. The Labute approximate surface area is 98.2 Å². The van der Waals surface area contributed by atoms with Crippen LogP contribution >= 0.6 is 11.3 Å². The third-order valence-electron chi connectivity index (χ3n) is 2.22. The first-order valence-electron chi connectivity index (χ1n) is 5.05. The van der Waals surface area contributed by atoms with E-state index in [-0.39, 0.29) is 11.2 Å². The zero-order valence-corrected chi connectivity index (χ0v) is 10.3. The van der Waals surface area contributed by atoms with Crippen molar-refractivity contribution in [3.05, 3.63) is 35.2 Å². The van der Waals surface area contributed by atoms with Crippen LogP contribution in [-0.2, 0) is 5.41 Å². The van der Waals surface area contributed by atoms with Crippen LogP contribution < -0.4 is 0 Å². The van der Waals surface area contributed by atoms with Crippen molar-refractivity contribution in [1.82, 2.24) is 9.97 Å². The fourth-order valence-corrected chi connectivity index (χ4v) is 2.26. The second-order valence-corrected chi connectivity index (χ2v) is 5.51. The van der Waals surface area contributed by atoms with Crippen LogP contribution in [0, 0.1) is 5.82 Å². The monoisotopic (exact) mass is 236 g/mol. The molecule has 0 amide bonds. The summed E-state index contributed by atoms with van der Waals surface area (Å²) in [5, 5.41) is 2.87. The van der Waals surface area contributed by atoms with Crippen LogP contribution in [0.5, 0.6) is 0 Å². The second-order valence-electron chi connectivity index (χ2n) is 4.65. The SMILES string of the molecule is CC(C)(C)c1csc(-c2ccc(F)cn2)n1. The van der Waals surface area contributed by atoms with Gasteiger partial charge in [0.05, 0.1) is 17.6 Å². The van der Waals surface area contributed by atoms with Gasteiger partial charge in [0.2, 0.25) is 0 Å². The van der Waals surface area contributed by atoms with E-state index in [1.807, 2.05) is 5.38 Å². The van der Waals surface area contributed by atoms with E-state index in [0.717, 1.165) is 16.4 Å². The maximum atomic E-state index is 12.7. The van der Waals surface area contributed by atoms with Gasteiger partial charge in [0, 0.05) is 10.8 Å². The van der Waals surface area contributed by atoms with Crippen molar-refractivity contribution in [3.63, 3.8) is 0 Å². The smallest absolute Gasteiger partial charge is 0.142 e. The predicted molar refractivity (Wildman–Crippen MR) is 64.0 cm³/mol. The van der Waals surface area contributed by atoms with Crippen LogP contribution in [0.1, 0.15) is 26.5 Å². The topological polar surface area (TPSA) is 25.8 Å². The highest BCUT2D eigenvalue weighted by Gasteiger charge is 2.18. The summed E-state index contributed by atoms with van der Waals surface area (Å²) in [6, 6.07) is 3.06. The van der Waals surface area contributed by atoms with Gasteiger partial charge in [0.1, 0.15) is 10.8 Å². The van der Waals surface area contributed by atoms with Crippen molar-refractivity contribution in [2.75, 3.05) is 0 Å². The third-order valence-corrected chi connectivity index (χ3v) is 3.08. The number of halogens is 1. The van der Waals surface area contributed by atoms with Crippen molar-refractivity contribution in [2.24, 2.45) is 0 Å². The largest absolute Gasteiger partial charge is 0.251 e. The van der Waals surface area contributed by atoms with Crippen LogP contribution in [0.3, 0.4) is 0 Å².